The third-order valence-corrected chi connectivity index (χ3v) is 3.18. The minimum atomic E-state index is 0.538. The second-order valence-electron chi connectivity index (χ2n) is 4.77. The SMILES string of the molecule is Cc1cccc(OCCC(C)c2ccccc2)c1. The average Bonchev–Trinajstić information content (AvgIpc) is 2.40. The summed E-state index contributed by atoms with van der Waals surface area (Å²) in [7, 11) is 0. The average molecular weight is 240 g/mol. The number of ether oxygens (including phenoxy) is 1. The summed E-state index contributed by atoms with van der Waals surface area (Å²) in [5.41, 5.74) is 2.62. The first-order chi connectivity index (χ1) is 8.75. The summed E-state index contributed by atoms with van der Waals surface area (Å²) < 4.78 is 5.78. The zero-order chi connectivity index (χ0) is 12.8. The van der Waals surface area contributed by atoms with E-state index in [0.29, 0.717) is 5.92 Å². The van der Waals surface area contributed by atoms with Crippen molar-refractivity contribution < 1.29 is 4.74 Å². The van der Waals surface area contributed by atoms with E-state index in [0.717, 1.165) is 18.8 Å². The van der Waals surface area contributed by atoms with Crippen LogP contribution in [0.25, 0.3) is 0 Å². The van der Waals surface area contributed by atoms with Gasteiger partial charge in [0.15, 0.2) is 0 Å². The zero-order valence-electron chi connectivity index (χ0n) is 11.1. The monoisotopic (exact) mass is 240 g/mol. The number of hydrogen-bond acceptors (Lipinski definition) is 1. The van der Waals surface area contributed by atoms with Crippen LogP contribution in [0.15, 0.2) is 54.6 Å². The van der Waals surface area contributed by atoms with Crippen molar-refractivity contribution in [3.8, 4) is 5.75 Å². The third-order valence-electron chi connectivity index (χ3n) is 3.18. The molecule has 0 aliphatic rings. The first kappa shape index (κ1) is 12.7. The fraction of sp³-hybridized carbons (Fsp3) is 0.294. The van der Waals surface area contributed by atoms with Crippen LogP contribution in [-0.4, -0.2) is 6.61 Å². The van der Waals surface area contributed by atoms with Crippen LogP contribution < -0.4 is 4.74 Å². The van der Waals surface area contributed by atoms with Gasteiger partial charge in [-0.25, -0.2) is 0 Å². The summed E-state index contributed by atoms with van der Waals surface area (Å²) >= 11 is 0. The van der Waals surface area contributed by atoms with Gasteiger partial charge in [-0.1, -0.05) is 49.4 Å². The van der Waals surface area contributed by atoms with Crippen molar-refractivity contribution in [1.82, 2.24) is 0 Å². The Morgan fingerprint density at radius 1 is 1.00 bits per heavy atom. The quantitative estimate of drug-likeness (QED) is 0.744. The Balaban J connectivity index is 1.82. The van der Waals surface area contributed by atoms with Crippen LogP contribution in [0.4, 0.5) is 0 Å². The van der Waals surface area contributed by atoms with Crippen LogP contribution >= 0.6 is 0 Å². The lowest BCUT2D eigenvalue weighted by Crippen LogP contribution is -2.03. The van der Waals surface area contributed by atoms with E-state index in [1.54, 1.807) is 0 Å². The summed E-state index contributed by atoms with van der Waals surface area (Å²) in [6, 6.07) is 18.8. The van der Waals surface area contributed by atoms with Crippen LogP contribution in [0.3, 0.4) is 0 Å². The standard InChI is InChI=1S/C17H20O/c1-14-7-6-10-17(13-14)18-12-11-15(2)16-8-4-3-5-9-16/h3-10,13,15H,11-12H2,1-2H3. The molecule has 0 aliphatic carbocycles. The maximum atomic E-state index is 5.78. The van der Waals surface area contributed by atoms with E-state index in [1.807, 2.05) is 12.1 Å². The van der Waals surface area contributed by atoms with E-state index >= 15 is 0 Å². The number of rotatable bonds is 5. The molecule has 0 radical (unpaired) electrons. The van der Waals surface area contributed by atoms with Crippen molar-refractivity contribution in [2.75, 3.05) is 6.61 Å². The highest BCUT2D eigenvalue weighted by Crippen LogP contribution is 2.19. The lowest BCUT2D eigenvalue weighted by atomic mass is 9.98. The molecule has 0 spiro atoms. The second kappa shape index (κ2) is 6.25. The Bertz CT molecular complexity index is 476. The molecule has 0 aliphatic heterocycles. The van der Waals surface area contributed by atoms with Crippen LogP contribution in [-0.2, 0) is 0 Å². The molecule has 2 rings (SSSR count). The molecule has 0 aromatic heterocycles. The van der Waals surface area contributed by atoms with E-state index < -0.39 is 0 Å². The minimum absolute atomic E-state index is 0.538. The Morgan fingerprint density at radius 2 is 1.78 bits per heavy atom. The van der Waals surface area contributed by atoms with Crippen molar-refractivity contribution in [1.29, 1.82) is 0 Å². The molecule has 0 bridgehead atoms. The fourth-order valence-corrected chi connectivity index (χ4v) is 2.01. The summed E-state index contributed by atoms with van der Waals surface area (Å²) in [4.78, 5) is 0. The molecule has 94 valence electrons. The van der Waals surface area contributed by atoms with E-state index in [2.05, 4.69) is 56.3 Å². The molecule has 1 heteroatoms. The number of aryl methyl sites for hydroxylation is 1. The van der Waals surface area contributed by atoms with Crippen molar-refractivity contribution in [3.63, 3.8) is 0 Å². The molecule has 0 saturated carbocycles. The van der Waals surface area contributed by atoms with E-state index in [4.69, 9.17) is 4.74 Å². The summed E-state index contributed by atoms with van der Waals surface area (Å²) in [5.74, 6) is 1.51. The summed E-state index contributed by atoms with van der Waals surface area (Å²) in [5, 5.41) is 0. The van der Waals surface area contributed by atoms with Gasteiger partial charge >= 0.3 is 0 Å². The molecule has 0 amide bonds. The van der Waals surface area contributed by atoms with Crippen molar-refractivity contribution in [2.24, 2.45) is 0 Å². The largest absolute Gasteiger partial charge is 0.494 e. The number of hydrogen-bond donors (Lipinski definition) is 0. The first-order valence-corrected chi connectivity index (χ1v) is 6.50. The molecule has 0 saturated heterocycles. The van der Waals surface area contributed by atoms with Crippen molar-refractivity contribution in [3.05, 3.63) is 65.7 Å². The van der Waals surface area contributed by atoms with Gasteiger partial charge in [0, 0.05) is 0 Å². The molecule has 0 N–H and O–H groups in total. The number of benzene rings is 2. The van der Waals surface area contributed by atoms with Crippen LogP contribution in [0.2, 0.25) is 0 Å². The zero-order valence-corrected chi connectivity index (χ0v) is 11.1. The fourth-order valence-electron chi connectivity index (χ4n) is 2.01. The van der Waals surface area contributed by atoms with Gasteiger partial charge in [-0.3, -0.25) is 0 Å². The Labute approximate surface area is 109 Å². The molecule has 2 aromatic carbocycles. The van der Waals surface area contributed by atoms with Gasteiger partial charge in [0.25, 0.3) is 0 Å². The minimum Gasteiger partial charge on any atom is -0.494 e. The Hall–Kier alpha value is -1.76. The normalized spacial score (nSPS) is 12.1. The van der Waals surface area contributed by atoms with Gasteiger partial charge in [-0.05, 0) is 42.5 Å². The molecule has 2 aromatic rings. The van der Waals surface area contributed by atoms with Gasteiger partial charge in [0.1, 0.15) is 5.75 Å². The van der Waals surface area contributed by atoms with Gasteiger partial charge in [0.05, 0.1) is 6.61 Å². The highest BCUT2D eigenvalue weighted by molar-refractivity contribution is 5.27. The smallest absolute Gasteiger partial charge is 0.119 e. The molecule has 1 atom stereocenters. The van der Waals surface area contributed by atoms with E-state index in [1.165, 1.54) is 11.1 Å². The van der Waals surface area contributed by atoms with Gasteiger partial charge in [-0.2, -0.15) is 0 Å². The molecular weight excluding hydrogens is 220 g/mol. The summed E-state index contributed by atoms with van der Waals surface area (Å²) in [6.45, 7) is 5.09. The van der Waals surface area contributed by atoms with Crippen LogP contribution in [0.1, 0.15) is 30.4 Å². The molecular formula is C17H20O. The maximum absolute atomic E-state index is 5.78. The Morgan fingerprint density at radius 3 is 2.50 bits per heavy atom. The second-order valence-corrected chi connectivity index (χ2v) is 4.77. The highest BCUT2D eigenvalue weighted by atomic mass is 16.5. The lowest BCUT2D eigenvalue weighted by molar-refractivity contribution is 0.300. The highest BCUT2D eigenvalue weighted by Gasteiger charge is 2.04. The molecule has 1 nitrogen and oxygen atoms in total. The maximum Gasteiger partial charge on any atom is 0.119 e. The molecule has 0 heterocycles. The molecule has 1 unspecified atom stereocenters. The van der Waals surface area contributed by atoms with Gasteiger partial charge in [-0.15, -0.1) is 0 Å². The topological polar surface area (TPSA) is 9.23 Å². The first-order valence-electron chi connectivity index (χ1n) is 6.50. The predicted molar refractivity (Wildman–Crippen MR) is 76.1 cm³/mol. The Kier molecular flexibility index (Phi) is 4.40. The third kappa shape index (κ3) is 3.63. The van der Waals surface area contributed by atoms with Gasteiger partial charge in [0.2, 0.25) is 0 Å². The predicted octanol–water partition coefficient (Wildman–Crippen LogP) is 4.57. The van der Waals surface area contributed by atoms with Crippen molar-refractivity contribution >= 4 is 0 Å². The van der Waals surface area contributed by atoms with Crippen LogP contribution in [0, 0.1) is 6.92 Å². The van der Waals surface area contributed by atoms with E-state index in [9.17, 15) is 0 Å². The molecule has 18 heavy (non-hydrogen) atoms. The van der Waals surface area contributed by atoms with E-state index in [-0.39, 0.29) is 0 Å². The van der Waals surface area contributed by atoms with Gasteiger partial charge < -0.3 is 4.74 Å². The summed E-state index contributed by atoms with van der Waals surface area (Å²) in [6.07, 6.45) is 1.04. The van der Waals surface area contributed by atoms with Crippen molar-refractivity contribution in [2.45, 2.75) is 26.2 Å². The molecule has 0 fully saturated rings. The van der Waals surface area contributed by atoms with Crippen LogP contribution in [0.5, 0.6) is 5.75 Å². The lowest BCUT2D eigenvalue weighted by Gasteiger charge is -2.12.